The summed E-state index contributed by atoms with van der Waals surface area (Å²) < 4.78 is 21.2. The predicted octanol–water partition coefficient (Wildman–Crippen LogP) is 1.71. The second-order valence-electron chi connectivity index (χ2n) is 9.31. The topological polar surface area (TPSA) is 151 Å². The Labute approximate surface area is 240 Å². The van der Waals surface area contributed by atoms with E-state index in [0.29, 0.717) is 24.7 Å². The van der Waals surface area contributed by atoms with Crippen molar-refractivity contribution in [3.63, 3.8) is 0 Å². The van der Waals surface area contributed by atoms with Gasteiger partial charge in [-0.25, -0.2) is 9.59 Å². The molecule has 1 fully saturated rings. The molecule has 3 N–H and O–H groups in total. The third-order valence-corrected chi connectivity index (χ3v) is 6.27. The molecule has 11 heteroatoms. The van der Waals surface area contributed by atoms with Gasteiger partial charge >= 0.3 is 11.9 Å². The maximum Gasteiger partial charge on any atom is 0.328 e. The van der Waals surface area contributed by atoms with Gasteiger partial charge in [0, 0.05) is 12.8 Å². The monoisotopic (exact) mass is 569 g/mol. The molecule has 41 heavy (non-hydrogen) atoms. The molecular formula is C30H39N3O8. The smallest absolute Gasteiger partial charge is 0.328 e. The molecule has 0 aliphatic carbocycles. The number of carbonyl (C=O) groups is 4. The van der Waals surface area contributed by atoms with E-state index in [1.54, 1.807) is 38.1 Å². The van der Waals surface area contributed by atoms with Gasteiger partial charge < -0.3 is 29.6 Å². The number of hydrogen-bond acceptors (Lipinski definition) is 9. The van der Waals surface area contributed by atoms with Crippen molar-refractivity contribution in [2.45, 2.75) is 64.7 Å². The van der Waals surface area contributed by atoms with Crippen molar-refractivity contribution in [2.24, 2.45) is 0 Å². The van der Waals surface area contributed by atoms with E-state index in [1.807, 2.05) is 38.1 Å². The van der Waals surface area contributed by atoms with E-state index in [4.69, 9.17) is 18.9 Å². The van der Waals surface area contributed by atoms with Crippen LogP contribution in [0.15, 0.2) is 48.5 Å². The summed E-state index contributed by atoms with van der Waals surface area (Å²) in [5.74, 6) is -0.787. The van der Waals surface area contributed by atoms with Crippen LogP contribution in [0.1, 0.15) is 38.8 Å². The third kappa shape index (κ3) is 9.49. The molecule has 3 rings (SSSR count). The summed E-state index contributed by atoms with van der Waals surface area (Å²) in [7, 11) is 0. The van der Waals surface area contributed by atoms with E-state index >= 15 is 0 Å². The number of esters is 2. The average molecular weight is 570 g/mol. The Bertz CT molecular complexity index is 1080. The predicted molar refractivity (Wildman–Crippen MR) is 150 cm³/mol. The molecule has 0 bridgehead atoms. The molecule has 2 aromatic rings. The van der Waals surface area contributed by atoms with E-state index in [2.05, 4.69) is 16.0 Å². The summed E-state index contributed by atoms with van der Waals surface area (Å²) in [6.07, 6.45) is 0.404. The molecule has 0 unspecified atom stereocenters. The molecule has 2 amide bonds. The molecule has 0 radical (unpaired) electrons. The summed E-state index contributed by atoms with van der Waals surface area (Å²) in [5.41, 5.74) is 1.60. The molecule has 1 aliphatic rings. The van der Waals surface area contributed by atoms with E-state index < -0.39 is 47.9 Å². The van der Waals surface area contributed by atoms with Crippen LogP contribution in [0.5, 0.6) is 11.5 Å². The number of amides is 2. The summed E-state index contributed by atoms with van der Waals surface area (Å²) in [5, 5.41) is 8.23. The van der Waals surface area contributed by atoms with Gasteiger partial charge in [-0.2, -0.15) is 0 Å². The zero-order valence-electron chi connectivity index (χ0n) is 23.9. The van der Waals surface area contributed by atoms with Gasteiger partial charge in [-0.05, 0) is 63.1 Å². The molecule has 0 spiro atoms. The lowest BCUT2D eigenvalue weighted by Gasteiger charge is -2.18. The Morgan fingerprint density at radius 1 is 0.634 bits per heavy atom. The average Bonchev–Trinajstić information content (AvgIpc) is 3.76. The molecule has 1 heterocycles. The fourth-order valence-corrected chi connectivity index (χ4v) is 4.24. The fourth-order valence-electron chi connectivity index (χ4n) is 4.24. The highest BCUT2D eigenvalue weighted by Crippen LogP contribution is 2.17. The van der Waals surface area contributed by atoms with Crippen molar-refractivity contribution in [3.8, 4) is 11.5 Å². The molecule has 222 valence electrons. The first-order chi connectivity index (χ1) is 19.8. The number of ether oxygens (including phenoxy) is 4. The molecule has 2 aromatic carbocycles. The van der Waals surface area contributed by atoms with Crippen LogP contribution in [-0.4, -0.2) is 74.3 Å². The van der Waals surface area contributed by atoms with Crippen molar-refractivity contribution >= 4 is 23.8 Å². The van der Waals surface area contributed by atoms with Gasteiger partial charge in [0.1, 0.15) is 35.7 Å². The molecule has 0 aromatic heterocycles. The summed E-state index contributed by atoms with van der Waals surface area (Å²) in [6, 6.07) is 10.8. The lowest BCUT2D eigenvalue weighted by atomic mass is 10.0. The lowest BCUT2D eigenvalue weighted by molar-refractivity contribution is -0.148. The van der Waals surface area contributed by atoms with Crippen molar-refractivity contribution in [1.82, 2.24) is 16.0 Å². The second kappa shape index (κ2) is 15.6. The molecule has 1 saturated heterocycles. The number of benzene rings is 2. The normalized spacial score (nSPS) is 17.0. The minimum atomic E-state index is -0.946. The summed E-state index contributed by atoms with van der Waals surface area (Å²) in [6.45, 7) is 8.53. The molecule has 11 nitrogen and oxygen atoms in total. The van der Waals surface area contributed by atoms with E-state index in [-0.39, 0.29) is 26.1 Å². The molecular weight excluding hydrogens is 530 g/mol. The minimum Gasteiger partial charge on any atom is -0.494 e. The Hall–Kier alpha value is -4.12. The van der Waals surface area contributed by atoms with Crippen molar-refractivity contribution < 1.29 is 38.1 Å². The van der Waals surface area contributed by atoms with Gasteiger partial charge in [0.15, 0.2) is 0 Å². The first kappa shape index (κ1) is 31.4. The number of nitrogens with one attached hydrogen (secondary N) is 3. The minimum absolute atomic E-state index is 0.158. The van der Waals surface area contributed by atoms with Crippen molar-refractivity contribution in [3.05, 3.63) is 59.7 Å². The Balaban J connectivity index is 1.61. The van der Waals surface area contributed by atoms with Gasteiger partial charge in [-0.3, -0.25) is 14.9 Å². The van der Waals surface area contributed by atoms with E-state index in [0.717, 1.165) is 11.1 Å². The Kier molecular flexibility index (Phi) is 12.0. The van der Waals surface area contributed by atoms with Crippen LogP contribution in [0.3, 0.4) is 0 Å². The number of hydrogen-bond donors (Lipinski definition) is 3. The first-order valence-corrected chi connectivity index (χ1v) is 13.9. The molecule has 4 atom stereocenters. The summed E-state index contributed by atoms with van der Waals surface area (Å²) >= 11 is 0. The van der Waals surface area contributed by atoms with E-state index in [9.17, 15) is 19.2 Å². The SMILES string of the molecule is CCOC(=O)[C@H](Cc1ccc(OCC)cc1)NC(=O)[C@H]1N[C@@H]1C(=O)N[C@@H](Cc1ccc(OCC)cc1)C(=O)OCC. The maximum atomic E-state index is 13.0. The first-order valence-electron chi connectivity index (χ1n) is 13.9. The summed E-state index contributed by atoms with van der Waals surface area (Å²) in [4.78, 5) is 51.2. The number of rotatable bonds is 16. The largest absolute Gasteiger partial charge is 0.494 e. The van der Waals surface area contributed by atoms with Crippen LogP contribution in [0, 0.1) is 0 Å². The van der Waals surface area contributed by atoms with Crippen LogP contribution < -0.4 is 25.4 Å². The molecule has 1 aliphatic heterocycles. The van der Waals surface area contributed by atoms with E-state index in [1.165, 1.54) is 0 Å². The standard InChI is InChI=1S/C30H39N3O8/c1-5-38-21-13-9-19(10-14-21)17-23(29(36)40-7-3)31-27(34)25-26(33-25)28(35)32-24(30(37)41-8-4)18-20-11-15-22(16-12-20)39-6-2/h9-16,23-26,33H,5-8,17-18H2,1-4H3,(H,31,34)(H,32,35)/t23-,24-,25-,26-/m0/s1. The zero-order chi connectivity index (χ0) is 29.8. The van der Waals surface area contributed by atoms with Crippen LogP contribution in [0.4, 0.5) is 0 Å². The zero-order valence-corrected chi connectivity index (χ0v) is 23.9. The highest BCUT2D eigenvalue weighted by atomic mass is 16.5. The van der Waals surface area contributed by atoms with Gasteiger partial charge in [-0.15, -0.1) is 0 Å². The Morgan fingerprint density at radius 3 is 1.32 bits per heavy atom. The van der Waals surface area contributed by atoms with Crippen LogP contribution >= 0.6 is 0 Å². The van der Waals surface area contributed by atoms with Crippen LogP contribution in [-0.2, 0) is 41.5 Å². The van der Waals surface area contributed by atoms with Gasteiger partial charge in [0.05, 0.1) is 26.4 Å². The fraction of sp³-hybridized carbons (Fsp3) is 0.467. The maximum absolute atomic E-state index is 13.0. The van der Waals surface area contributed by atoms with Gasteiger partial charge in [-0.1, -0.05) is 24.3 Å². The van der Waals surface area contributed by atoms with Crippen LogP contribution in [0.25, 0.3) is 0 Å². The van der Waals surface area contributed by atoms with Crippen LogP contribution in [0.2, 0.25) is 0 Å². The molecule has 0 saturated carbocycles. The lowest BCUT2D eigenvalue weighted by Crippen LogP contribution is -2.48. The highest BCUT2D eigenvalue weighted by Gasteiger charge is 2.49. The third-order valence-electron chi connectivity index (χ3n) is 6.27. The highest BCUT2D eigenvalue weighted by molar-refractivity contribution is 6.00. The van der Waals surface area contributed by atoms with Gasteiger partial charge in [0.25, 0.3) is 0 Å². The van der Waals surface area contributed by atoms with Gasteiger partial charge in [0.2, 0.25) is 11.8 Å². The second-order valence-corrected chi connectivity index (χ2v) is 9.31. The van der Waals surface area contributed by atoms with Crippen molar-refractivity contribution in [2.75, 3.05) is 26.4 Å². The number of carbonyl (C=O) groups excluding carboxylic acids is 4. The van der Waals surface area contributed by atoms with Crippen molar-refractivity contribution in [1.29, 1.82) is 0 Å². The quantitative estimate of drug-likeness (QED) is 0.203. The Morgan fingerprint density at radius 2 is 1.00 bits per heavy atom.